The molecule has 2 aromatic rings. The van der Waals surface area contributed by atoms with Crippen LogP contribution in [0.25, 0.3) is 11.1 Å². The smallest absolute Gasteiger partial charge is 0.00134 e. The lowest BCUT2D eigenvalue weighted by molar-refractivity contribution is 0.693. The summed E-state index contributed by atoms with van der Waals surface area (Å²) in [7, 11) is 0. The Kier molecular flexibility index (Phi) is 5.54. The van der Waals surface area contributed by atoms with E-state index in [0.29, 0.717) is 0 Å². The van der Waals surface area contributed by atoms with Crippen LogP contribution in [0.5, 0.6) is 0 Å². The van der Waals surface area contributed by atoms with Crippen LogP contribution in [0.2, 0.25) is 0 Å². The van der Waals surface area contributed by atoms with E-state index in [0.717, 1.165) is 6.42 Å². The van der Waals surface area contributed by atoms with E-state index in [-0.39, 0.29) is 0 Å². The maximum absolute atomic E-state index is 2.53. The molecule has 23 heavy (non-hydrogen) atoms. The van der Waals surface area contributed by atoms with Crippen molar-refractivity contribution < 1.29 is 0 Å². The highest BCUT2D eigenvalue weighted by Gasteiger charge is 2.19. The highest BCUT2D eigenvalue weighted by molar-refractivity contribution is 5.77. The molecule has 1 aliphatic carbocycles. The van der Waals surface area contributed by atoms with E-state index in [1.165, 1.54) is 68.1 Å². The van der Waals surface area contributed by atoms with Crippen molar-refractivity contribution in [2.75, 3.05) is 0 Å². The van der Waals surface area contributed by atoms with Crippen LogP contribution in [0.1, 0.15) is 74.6 Å². The standard InChI is InChI=1S/C23H30/c1-3-5-7-11-18-15-21-16-20-13-9-10-14-22(20)23(21)17-19(18)12-8-6-4-2/h9-10,13-15,17H,3-8,11-12,16H2,1-2H3. The van der Waals surface area contributed by atoms with Crippen molar-refractivity contribution in [2.45, 2.75) is 71.6 Å². The SMILES string of the molecule is CCCCCc1cc2c(cc1CCCCC)-c1ccccc1C2. The molecule has 0 aliphatic heterocycles. The lowest BCUT2D eigenvalue weighted by Crippen LogP contribution is -1.98. The molecule has 122 valence electrons. The average Bonchev–Trinajstić information content (AvgIpc) is 2.93. The number of hydrogen-bond acceptors (Lipinski definition) is 0. The summed E-state index contributed by atoms with van der Waals surface area (Å²) in [5.41, 5.74) is 9.28. The van der Waals surface area contributed by atoms with Gasteiger partial charge < -0.3 is 0 Å². The Bertz CT molecular complexity index is 651. The van der Waals surface area contributed by atoms with E-state index in [4.69, 9.17) is 0 Å². The third kappa shape index (κ3) is 3.68. The molecule has 1 aliphatic rings. The summed E-state index contributed by atoms with van der Waals surface area (Å²) in [6.45, 7) is 4.59. The molecule has 3 rings (SSSR count). The molecule has 0 amide bonds. The fraction of sp³-hybridized carbons (Fsp3) is 0.478. The van der Waals surface area contributed by atoms with Gasteiger partial charge in [-0.05, 0) is 65.5 Å². The predicted molar refractivity (Wildman–Crippen MR) is 101 cm³/mol. The van der Waals surface area contributed by atoms with Gasteiger partial charge in [0.05, 0.1) is 0 Å². The molecule has 0 saturated heterocycles. The Morgan fingerprint density at radius 1 is 0.696 bits per heavy atom. The van der Waals surface area contributed by atoms with Gasteiger partial charge in [-0.3, -0.25) is 0 Å². The Balaban J connectivity index is 1.89. The first kappa shape index (κ1) is 16.3. The topological polar surface area (TPSA) is 0 Å². The quantitative estimate of drug-likeness (QED) is 0.405. The molecule has 0 fully saturated rings. The Hall–Kier alpha value is -1.56. The molecule has 0 atom stereocenters. The van der Waals surface area contributed by atoms with Gasteiger partial charge in [0.25, 0.3) is 0 Å². The fourth-order valence-electron chi connectivity index (χ4n) is 3.88. The molecular weight excluding hydrogens is 276 g/mol. The second-order valence-corrected chi connectivity index (χ2v) is 7.03. The van der Waals surface area contributed by atoms with Gasteiger partial charge in [-0.15, -0.1) is 0 Å². The van der Waals surface area contributed by atoms with Crippen LogP contribution in [-0.2, 0) is 19.3 Å². The van der Waals surface area contributed by atoms with Crippen LogP contribution < -0.4 is 0 Å². The minimum Gasteiger partial charge on any atom is -0.0654 e. The van der Waals surface area contributed by atoms with Gasteiger partial charge >= 0.3 is 0 Å². The van der Waals surface area contributed by atoms with Crippen molar-refractivity contribution >= 4 is 0 Å². The summed E-state index contributed by atoms with van der Waals surface area (Å²) in [6.07, 6.45) is 11.6. The van der Waals surface area contributed by atoms with Crippen LogP contribution >= 0.6 is 0 Å². The molecule has 0 nitrogen and oxygen atoms in total. The fourth-order valence-corrected chi connectivity index (χ4v) is 3.88. The lowest BCUT2D eigenvalue weighted by atomic mass is 9.92. The molecular formula is C23H30. The minimum absolute atomic E-state index is 1.13. The Morgan fingerprint density at radius 2 is 1.35 bits per heavy atom. The van der Waals surface area contributed by atoms with E-state index >= 15 is 0 Å². The van der Waals surface area contributed by atoms with Crippen molar-refractivity contribution in [1.82, 2.24) is 0 Å². The second kappa shape index (κ2) is 7.81. The third-order valence-electron chi connectivity index (χ3n) is 5.21. The van der Waals surface area contributed by atoms with Gasteiger partial charge in [0, 0.05) is 0 Å². The van der Waals surface area contributed by atoms with Crippen molar-refractivity contribution in [3.8, 4) is 11.1 Å². The summed E-state index contributed by atoms with van der Waals surface area (Å²) >= 11 is 0. The van der Waals surface area contributed by atoms with E-state index < -0.39 is 0 Å². The van der Waals surface area contributed by atoms with Gasteiger partial charge in [-0.2, -0.15) is 0 Å². The summed E-state index contributed by atoms with van der Waals surface area (Å²) in [5.74, 6) is 0. The number of benzene rings is 2. The van der Waals surface area contributed by atoms with Gasteiger partial charge in [0.1, 0.15) is 0 Å². The van der Waals surface area contributed by atoms with Crippen molar-refractivity contribution in [3.63, 3.8) is 0 Å². The van der Waals surface area contributed by atoms with Crippen molar-refractivity contribution in [2.24, 2.45) is 0 Å². The largest absolute Gasteiger partial charge is 0.0654 e. The molecule has 0 saturated carbocycles. The number of unbranched alkanes of at least 4 members (excludes halogenated alkanes) is 4. The van der Waals surface area contributed by atoms with E-state index in [9.17, 15) is 0 Å². The predicted octanol–water partition coefficient (Wildman–Crippen LogP) is 6.72. The average molecular weight is 306 g/mol. The minimum atomic E-state index is 1.13. The third-order valence-corrected chi connectivity index (χ3v) is 5.21. The molecule has 0 radical (unpaired) electrons. The zero-order chi connectivity index (χ0) is 16.1. The van der Waals surface area contributed by atoms with E-state index in [1.54, 1.807) is 16.7 Å². The molecule has 2 aromatic carbocycles. The summed E-state index contributed by atoms with van der Waals surface area (Å²) in [4.78, 5) is 0. The molecule has 0 aromatic heterocycles. The second-order valence-electron chi connectivity index (χ2n) is 7.03. The molecule has 0 heteroatoms. The monoisotopic (exact) mass is 306 g/mol. The van der Waals surface area contributed by atoms with Crippen LogP contribution in [0, 0.1) is 0 Å². The van der Waals surface area contributed by atoms with Crippen LogP contribution in [0.15, 0.2) is 36.4 Å². The first-order valence-electron chi connectivity index (χ1n) is 9.56. The Morgan fingerprint density at radius 3 is 2.04 bits per heavy atom. The van der Waals surface area contributed by atoms with E-state index in [2.05, 4.69) is 50.2 Å². The number of rotatable bonds is 8. The summed E-state index contributed by atoms with van der Waals surface area (Å²) in [6, 6.07) is 14.0. The zero-order valence-corrected chi connectivity index (χ0v) is 14.8. The molecule has 0 bridgehead atoms. The van der Waals surface area contributed by atoms with Crippen molar-refractivity contribution in [3.05, 3.63) is 58.7 Å². The first-order chi connectivity index (χ1) is 11.3. The molecule has 0 heterocycles. The van der Waals surface area contributed by atoms with Crippen LogP contribution in [0.4, 0.5) is 0 Å². The lowest BCUT2D eigenvalue weighted by Gasteiger charge is -2.13. The first-order valence-corrected chi connectivity index (χ1v) is 9.56. The van der Waals surface area contributed by atoms with Crippen LogP contribution in [0.3, 0.4) is 0 Å². The number of fused-ring (bicyclic) bond motifs is 3. The maximum atomic E-state index is 2.53. The van der Waals surface area contributed by atoms with Gasteiger partial charge in [-0.1, -0.05) is 75.9 Å². The maximum Gasteiger partial charge on any atom is -0.00134 e. The van der Waals surface area contributed by atoms with E-state index in [1.807, 2.05) is 0 Å². The molecule has 0 N–H and O–H groups in total. The van der Waals surface area contributed by atoms with Gasteiger partial charge in [-0.25, -0.2) is 0 Å². The Labute approximate surface area is 141 Å². The highest BCUT2D eigenvalue weighted by Crippen LogP contribution is 2.38. The summed E-state index contributed by atoms with van der Waals surface area (Å²) < 4.78 is 0. The van der Waals surface area contributed by atoms with Crippen molar-refractivity contribution in [1.29, 1.82) is 0 Å². The summed E-state index contributed by atoms with van der Waals surface area (Å²) in [5, 5.41) is 0. The molecule has 0 unspecified atom stereocenters. The number of hydrogen-bond donors (Lipinski definition) is 0. The number of aryl methyl sites for hydroxylation is 2. The normalized spacial score (nSPS) is 12.3. The van der Waals surface area contributed by atoms with Gasteiger partial charge in [0.2, 0.25) is 0 Å². The van der Waals surface area contributed by atoms with Crippen LogP contribution in [-0.4, -0.2) is 0 Å². The van der Waals surface area contributed by atoms with Gasteiger partial charge in [0.15, 0.2) is 0 Å². The molecule has 0 spiro atoms. The highest BCUT2D eigenvalue weighted by atomic mass is 14.2. The zero-order valence-electron chi connectivity index (χ0n) is 14.8.